The van der Waals surface area contributed by atoms with Gasteiger partial charge >= 0.3 is 0 Å². The lowest BCUT2D eigenvalue weighted by atomic mass is 9.95. The highest BCUT2D eigenvalue weighted by molar-refractivity contribution is 5.83. The molecule has 108 valence electrons. The topological polar surface area (TPSA) is 78.3 Å². The van der Waals surface area contributed by atoms with Crippen LogP contribution in [-0.4, -0.2) is 24.2 Å². The zero-order chi connectivity index (χ0) is 14.2. The number of carbonyl (C=O) groups is 1. The van der Waals surface area contributed by atoms with E-state index in [2.05, 4.69) is 13.8 Å². The normalized spacial score (nSPS) is 18.1. The van der Waals surface area contributed by atoms with Crippen LogP contribution in [0.25, 0.3) is 0 Å². The van der Waals surface area contributed by atoms with E-state index in [1.165, 1.54) is 19.3 Å². The van der Waals surface area contributed by atoms with Crippen molar-refractivity contribution in [3.05, 3.63) is 0 Å². The predicted octanol–water partition coefficient (Wildman–Crippen LogP) is 2.20. The number of hydrogen-bond acceptors (Lipinski definition) is 3. The third-order valence-electron chi connectivity index (χ3n) is 3.43. The third kappa shape index (κ3) is 6.97. The van der Waals surface area contributed by atoms with E-state index in [1.807, 2.05) is 6.92 Å². The lowest BCUT2D eigenvalue weighted by Gasteiger charge is -2.26. The van der Waals surface area contributed by atoms with Gasteiger partial charge < -0.3 is 16.2 Å². The molecule has 1 amide bonds. The summed E-state index contributed by atoms with van der Waals surface area (Å²) in [6.45, 7) is 8.73. The van der Waals surface area contributed by atoms with Crippen molar-refractivity contribution in [2.45, 2.75) is 71.4 Å². The van der Waals surface area contributed by atoms with Gasteiger partial charge in [0.2, 0.25) is 5.91 Å². The van der Waals surface area contributed by atoms with Gasteiger partial charge in [-0.05, 0) is 32.6 Å². The van der Waals surface area contributed by atoms with Crippen LogP contribution in [0.15, 0.2) is 0 Å². The second-order valence-corrected chi connectivity index (χ2v) is 5.55. The van der Waals surface area contributed by atoms with Crippen LogP contribution in [0.3, 0.4) is 0 Å². The van der Waals surface area contributed by atoms with Gasteiger partial charge in [0.05, 0.1) is 11.6 Å². The molecule has 3 unspecified atom stereocenters. The van der Waals surface area contributed by atoms with Crippen molar-refractivity contribution in [2.75, 3.05) is 6.61 Å². The molecule has 4 N–H and O–H groups in total. The SMILES string of the molecule is CCCCC(CC)COC(C)CC(C)(N)C(N)=O. The molecule has 4 heteroatoms. The first kappa shape index (κ1) is 17.4. The Balaban J connectivity index is 4.01. The molecule has 0 aliphatic carbocycles. The maximum Gasteiger partial charge on any atom is 0.237 e. The van der Waals surface area contributed by atoms with E-state index in [-0.39, 0.29) is 6.10 Å². The van der Waals surface area contributed by atoms with Crippen LogP contribution in [0.4, 0.5) is 0 Å². The van der Waals surface area contributed by atoms with Gasteiger partial charge in [-0.2, -0.15) is 0 Å². The summed E-state index contributed by atoms with van der Waals surface area (Å²) in [4.78, 5) is 11.1. The maximum atomic E-state index is 11.1. The Morgan fingerprint density at radius 1 is 1.39 bits per heavy atom. The molecule has 0 saturated heterocycles. The number of ether oxygens (including phenoxy) is 1. The van der Waals surface area contributed by atoms with Crippen LogP contribution in [0.2, 0.25) is 0 Å². The summed E-state index contributed by atoms with van der Waals surface area (Å²) < 4.78 is 5.79. The standard InChI is InChI=1S/C14H30N2O2/c1-5-7-8-12(6-2)10-18-11(3)9-14(4,16)13(15)17/h11-12H,5-10,16H2,1-4H3,(H2,15,17). The smallest absolute Gasteiger partial charge is 0.237 e. The molecular formula is C14H30N2O2. The number of amides is 1. The van der Waals surface area contributed by atoms with Crippen LogP contribution in [-0.2, 0) is 9.53 Å². The van der Waals surface area contributed by atoms with Crippen molar-refractivity contribution in [3.63, 3.8) is 0 Å². The van der Waals surface area contributed by atoms with Crippen molar-refractivity contribution in [1.82, 2.24) is 0 Å². The zero-order valence-corrected chi connectivity index (χ0v) is 12.4. The van der Waals surface area contributed by atoms with E-state index < -0.39 is 11.4 Å². The van der Waals surface area contributed by atoms with Gasteiger partial charge in [0.1, 0.15) is 0 Å². The molecular weight excluding hydrogens is 228 g/mol. The Morgan fingerprint density at radius 3 is 2.44 bits per heavy atom. The van der Waals surface area contributed by atoms with Crippen LogP contribution in [0.5, 0.6) is 0 Å². The second-order valence-electron chi connectivity index (χ2n) is 5.55. The third-order valence-corrected chi connectivity index (χ3v) is 3.43. The monoisotopic (exact) mass is 258 g/mol. The van der Waals surface area contributed by atoms with E-state index in [1.54, 1.807) is 6.92 Å². The summed E-state index contributed by atoms with van der Waals surface area (Å²) in [5, 5.41) is 0. The minimum absolute atomic E-state index is 0.0387. The molecule has 0 bridgehead atoms. The van der Waals surface area contributed by atoms with E-state index in [9.17, 15) is 4.79 Å². The number of nitrogens with two attached hydrogens (primary N) is 2. The first-order chi connectivity index (χ1) is 8.33. The molecule has 3 atom stereocenters. The molecule has 0 fully saturated rings. The van der Waals surface area contributed by atoms with Crippen molar-refractivity contribution >= 4 is 5.91 Å². The molecule has 0 aromatic carbocycles. The number of unbranched alkanes of at least 4 members (excludes halogenated alkanes) is 1. The van der Waals surface area contributed by atoms with Crippen molar-refractivity contribution in [1.29, 1.82) is 0 Å². The molecule has 0 saturated carbocycles. The summed E-state index contributed by atoms with van der Waals surface area (Å²) in [6, 6.07) is 0. The fourth-order valence-corrected chi connectivity index (χ4v) is 1.96. The number of rotatable bonds is 10. The fraction of sp³-hybridized carbons (Fsp3) is 0.929. The second kappa shape index (κ2) is 8.48. The van der Waals surface area contributed by atoms with Crippen LogP contribution in [0, 0.1) is 5.92 Å². The van der Waals surface area contributed by atoms with Crippen molar-refractivity contribution in [3.8, 4) is 0 Å². The minimum atomic E-state index is -0.982. The quantitative estimate of drug-likeness (QED) is 0.630. The summed E-state index contributed by atoms with van der Waals surface area (Å²) >= 11 is 0. The zero-order valence-electron chi connectivity index (χ0n) is 12.4. The molecule has 0 radical (unpaired) electrons. The molecule has 0 spiro atoms. The maximum absolute atomic E-state index is 11.1. The Labute approximate surface area is 111 Å². The largest absolute Gasteiger partial charge is 0.378 e. The number of primary amides is 1. The highest BCUT2D eigenvalue weighted by Crippen LogP contribution is 2.16. The van der Waals surface area contributed by atoms with Gasteiger partial charge in [0.25, 0.3) is 0 Å². The first-order valence-corrected chi connectivity index (χ1v) is 7.03. The molecule has 0 heterocycles. The lowest BCUT2D eigenvalue weighted by molar-refractivity contribution is -0.124. The predicted molar refractivity (Wildman–Crippen MR) is 75.1 cm³/mol. The Bertz CT molecular complexity index is 242. The molecule has 18 heavy (non-hydrogen) atoms. The molecule has 4 nitrogen and oxygen atoms in total. The summed E-state index contributed by atoms with van der Waals surface area (Å²) in [5.41, 5.74) is 10.1. The van der Waals surface area contributed by atoms with Gasteiger partial charge in [0, 0.05) is 6.61 Å². The van der Waals surface area contributed by atoms with Crippen LogP contribution >= 0.6 is 0 Å². The highest BCUT2D eigenvalue weighted by atomic mass is 16.5. The Hall–Kier alpha value is -0.610. The van der Waals surface area contributed by atoms with E-state index in [0.717, 1.165) is 13.0 Å². The van der Waals surface area contributed by atoms with E-state index >= 15 is 0 Å². The fourth-order valence-electron chi connectivity index (χ4n) is 1.96. The Morgan fingerprint density at radius 2 is 2.00 bits per heavy atom. The number of carbonyl (C=O) groups excluding carboxylic acids is 1. The minimum Gasteiger partial charge on any atom is -0.378 e. The average Bonchev–Trinajstić information content (AvgIpc) is 2.28. The molecule has 0 aromatic heterocycles. The van der Waals surface area contributed by atoms with Crippen LogP contribution < -0.4 is 11.5 Å². The first-order valence-electron chi connectivity index (χ1n) is 7.03. The molecule has 0 aliphatic heterocycles. The highest BCUT2D eigenvalue weighted by Gasteiger charge is 2.28. The summed E-state index contributed by atoms with van der Waals surface area (Å²) in [5.74, 6) is 0.126. The van der Waals surface area contributed by atoms with Crippen LogP contribution in [0.1, 0.15) is 59.8 Å². The molecule has 0 aliphatic rings. The van der Waals surface area contributed by atoms with E-state index in [0.29, 0.717) is 12.3 Å². The van der Waals surface area contributed by atoms with Gasteiger partial charge in [-0.1, -0.05) is 33.1 Å². The van der Waals surface area contributed by atoms with Crippen molar-refractivity contribution in [2.24, 2.45) is 17.4 Å². The van der Waals surface area contributed by atoms with E-state index in [4.69, 9.17) is 16.2 Å². The van der Waals surface area contributed by atoms with Gasteiger partial charge in [-0.25, -0.2) is 0 Å². The molecule has 0 rings (SSSR count). The number of hydrogen-bond donors (Lipinski definition) is 2. The average molecular weight is 258 g/mol. The Kier molecular flexibility index (Phi) is 8.20. The molecule has 0 aromatic rings. The van der Waals surface area contributed by atoms with Gasteiger partial charge in [-0.15, -0.1) is 0 Å². The van der Waals surface area contributed by atoms with Crippen molar-refractivity contribution < 1.29 is 9.53 Å². The van der Waals surface area contributed by atoms with Gasteiger partial charge in [0.15, 0.2) is 0 Å². The van der Waals surface area contributed by atoms with Gasteiger partial charge in [-0.3, -0.25) is 4.79 Å². The lowest BCUT2D eigenvalue weighted by Crippen LogP contribution is -2.51. The summed E-state index contributed by atoms with van der Waals surface area (Å²) in [6.07, 6.45) is 5.22. The summed E-state index contributed by atoms with van der Waals surface area (Å²) in [7, 11) is 0.